The third-order valence-electron chi connectivity index (χ3n) is 1.73. The Morgan fingerprint density at radius 1 is 1.60 bits per heavy atom. The largest absolute Gasteiger partial charge is 0.336 e. The second-order valence-corrected chi connectivity index (χ2v) is 3.33. The predicted molar refractivity (Wildman–Crippen MR) is 52.2 cm³/mol. The third kappa shape index (κ3) is 3.43. The molecule has 82 valence electrons. The summed E-state index contributed by atoms with van der Waals surface area (Å²) in [5.41, 5.74) is 0.238. The molecule has 1 amide bonds. The summed E-state index contributed by atoms with van der Waals surface area (Å²) < 4.78 is 24.0. The molecule has 0 bridgehead atoms. The number of rotatable bonds is 3. The molecule has 3 nitrogen and oxygen atoms in total. The monoisotopic (exact) mass is 234 g/mol. The van der Waals surface area contributed by atoms with Crippen molar-refractivity contribution in [2.24, 2.45) is 0 Å². The van der Waals surface area contributed by atoms with Gasteiger partial charge < -0.3 is 4.90 Å². The predicted octanol–water partition coefficient (Wildman–Crippen LogP) is 2.07. The van der Waals surface area contributed by atoms with E-state index in [4.69, 9.17) is 11.6 Å². The van der Waals surface area contributed by atoms with E-state index in [1.807, 2.05) is 0 Å². The van der Waals surface area contributed by atoms with E-state index in [0.717, 1.165) is 4.90 Å². The SMILES string of the molecule is CN(CC(F)F)C(=O)c1ccc(Cl)nc1. The van der Waals surface area contributed by atoms with E-state index in [2.05, 4.69) is 4.98 Å². The van der Waals surface area contributed by atoms with E-state index < -0.39 is 18.9 Å². The Labute approximate surface area is 90.7 Å². The molecular formula is C9H9ClF2N2O. The first-order valence-corrected chi connectivity index (χ1v) is 4.53. The quantitative estimate of drug-likeness (QED) is 0.751. The number of halogens is 3. The number of alkyl halides is 2. The van der Waals surface area contributed by atoms with Gasteiger partial charge in [-0.05, 0) is 12.1 Å². The number of pyridine rings is 1. The Kier molecular flexibility index (Phi) is 3.96. The fourth-order valence-electron chi connectivity index (χ4n) is 1.01. The highest BCUT2D eigenvalue weighted by atomic mass is 35.5. The lowest BCUT2D eigenvalue weighted by Crippen LogP contribution is -2.31. The van der Waals surface area contributed by atoms with Crippen molar-refractivity contribution < 1.29 is 13.6 Å². The lowest BCUT2D eigenvalue weighted by atomic mass is 10.2. The molecule has 1 heterocycles. The van der Waals surface area contributed by atoms with Crippen LogP contribution in [0.4, 0.5) is 8.78 Å². The normalized spacial score (nSPS) is 10.5. The van der Waals surface area contributed by atoms with Gasteiger partial charge in [-0.2, -0.15) is 0 Å². The van der Waals surface area contributed by atoms with Crippen molar-refractivity contribution in [2.75, 3.05) is 13.6 Å². The zero-order valence-electron chi connectivity index (χ0n) is 7.95. The lowest BCUT2D eigenvalue weighted by Gasteiger charge is -2.16. The fourth-order valence-corrected chi connectivity index (χ4v) is 1.12. The summed E-state index contributed by atoms with van der Waals surface area (Å²) in [5.74, 6) is -0.500. The Bertz CT molecular complexity index is 342. The second-order valence-electron chi connectivity index (χ2n) is 2.95. The Balaban J connectivity index is 2.72. The van der Waals surface area contributed by atoms with Crippen molar-refractivity contribution in [1.29, 1.82) is 0 Å². The number of hydrogen-bond acceptors (Lipinski definition) is 2. The number of aromatic nitrogens is 1. The molecule has 15 heavy (non-hydrogen) atoms. The molecular weight excluding hydrogens is 226 g/mol. The highest BCUT2D eigenvalue weighted by Crippen LogP contribution is 2.08. The van der Waals surface area contributed by atoms with Crippen LogP contribution in [-0.4, -0.2) is 35.8 Å². The molecule has 0 aliphatic carbocycles. The maximum Gasteiger partial charge on any atom is 0.255 e. The van der Waals surface area contributed by atoms with Gasteiger partial charge in [0.1, 0.15) is 5.15 Å². The molecule has 0 aliphatic rings. The molecule has 1 aromatic rings. The highest BCUT2D eigenvalue weighted by Gasteiger charge is 2.15. The van der Waals surface area contributed by atoms with Gasteiger partial charge in [-0.3, -0.25) is 4.79 Å². The number of carbonyl (C=O) groups excluding carboxylic acids is 1. The zero-order chi connectivity index (χ0) is 11.4. The summed E-state index contributed by atoms with van der Waals surface area (Å²) in [6.45, 7) is -0.596. The number of amides is 1. The van der Waals surface area contributed by atoms with Gasteiger partial charge in [-0.1, -0.05) is 11.6 Å². The Hall–Kier alpha value is -1.23. The van der Waals surface area contributed by atoms with Gasteiger partial charge in [0.2, 0.25) is 0 Å². The van der Waals surface area contributed by atoms with Gasteiger partial charge in [0.25, 0.3) is 12.3 Å². The zero-order valence-corrected chi connectivity index (χ0v) is 8.71. The number of hydrogen-bond donors (Lipinski definition) is 0. The molecule has 0 atom stereocenters. The summed E-state index contributed by atoms with van der Waals surface area (Å²) in [7, 11) is 1.31. The fraction of sp³-hybridized carbons (Fsp3) is 0.333. The molecule has 0 radical (unpaired) electrons. The summed E-state index contributed by atoms with van der Waals surface area (Å²) >= 11 is 5.52. The van der Waals surface area contributed by atoms with Crippen molar-refractivity contribution in [3.8, 4) is 0 Å². The Morgan fingerprint density at radius 3 is 2.73 bits per heavy atom. The van der Waals surface area contributed by atoms with E-state index in [9.17, 15) is 13.6 Å². The molecule has 0 spiro atoms. The van der Waals surface area contributed by atoms with Gasteiger partial charge in [0.05, 0.1) is 12.1 Å². The van der Waals surface area contributed by atoms with Crippen LogP contribution in [-0.2, 0) is 0 Å². The van der Waals surface area contributed by atoms with Gasteiger partial charge in [-0.15, -0.1) is 0 Å². The minimum absolute atomic E-state index is 0.238. The van der Waals surface area contributed by atoms with E-state index in [1.165, 1.54) is 25.4 Å². The van der Waals surface area contributed by atoms with Crippen molar-refractivity contribution in [2.45, 2.75) is 6.43 Å². The van der Waals surface area contributed by atoms with Crippen molar-refractivity contribution in [1.82, 2.24) is 9.88 Å². The van der Waals surface area contributed by atoms with Crippen molar-refractivity contribution >= 4 is 17.5 Å². The molecule has 0 saturated carbocycles. The Morgan fingerprint density at radius 2 is 2.27 bits per heavy atom. The van der Waals surface area contributed by atoms with E-state index >= 15 is 0 Å². The molecule has 6 heteroatoms. The topological polar surface area (TPSA) is 33.2 Å². The molecule has 1 rings (SSSR count). The molecule has 0 fully saturated rings. The summed E-state index contributed by atoms with van der Waals surface area (Å²) in [6.07, 6.45) is -1.29. The molecule has 0 aliphatic heterocycles. The first-order chi connectivity index (χ1) is 7.00. The summed E-state index contributed by atoms with van der Waals surface area (Å²) in [4.78, 5) is 16.1. The first kappa shape index (κ1) is 11.8. The van der Waals surface area contributed by atoms with Crippen LogP contribution in [0.3, 0.4) is 0 Å². The van der Waals surface area contributed by atoms with Crippen LogP contribution in [0.15, 0.2) is 18.3 Å². The lowest BCUT2D eigenvalue weighted by molar-refractivity contribution is 0.0620. The maximum atomic E-state index is 12.0. The third-order valence-corrected chi connectivity index (χ3v) is 1.96. The van der Waals surface area contributed by atoms with Crippen molar-refractivity contribution in [3.63, 3.8) is 0 Å². The van der Waals surface area contributed by atoms with E-state index in [1.54, 1.807) is 0 Å². The van der Waals surface area contributed by atoms with E-state index in [0.29, 0.717) is 0 Å². The van der Waals surface area contributed by atoms with Crippen LogP contribution in [0.2, 0.25) is 5.15 Å². The number of carbonyl (C=O) groups is 1. The average Bonchev–Trinajstić information content (AvgIpc) is 2.17. The van der Waals surface area contributed by atoms with Crippen LogP contribution in [0, 0.1) is 0 Å². The van der Waals surface area contributed by atoms with Gasteiger partial charge in [0.15, 0.2) is 0 Å². The first-order valence-electron chi connectivity index (χ1n) is 4.16. The standard InChI is InChI=1S/C9H9ClF2N2O/c1-14(5-8(11)12)9(15)6-2-3-7(10)13-4-6/h2-4,8H,5H2,1H3. The maximum absolute atomic E-state index is 12.0. The summed E-state index contributed by atoms with van der Waals surface area (Å²) in [5, 5.41) is 0.253. The van der Waals surface area contributed by atoms with Gasteiger partial charge >= 0.3 is 0 Å². The number of nitrogens with zero attached hydrogens (tertiary/aromatic N) is 2. The highest BCUT2D eigenvalue weighted by molar-refractivity contribution is 6.29. The molecule has 0 saturated heterocycles. The van der Waals surface area contributed by atoms with Gasteiger partial charge in [-0.25, -0.2) is 13.8 Å². The summed E-state index contributed by atoms with van der Waals surface area (Å²) in [6, 6.07) is 2.88. The van der Waals surface area contributed by atoms with Crippen molar-refractivity contribution in [3.05, 3.63) is 29.0 Å². The van der Waals surface area contributed by atoms with Gasteiger partial charge in [0, 0.05) is 13.2 Å². The molecule has 1 aromatic heterocycles. The minimum atomic E-state index is -2.54. The molecule has 0 aromatic carbocycles. The van der Waals surface area contributed by atoms with Crippen LogP contribution in [0.25, 0.3) is 0 Å². The average molecular weight is 235 g/mol. The molecule has 0 N–H and O–H groups in total. The van der Waals surface area contributed by atoms with Crippen LogP contribution < -0.4 is 0 Å². The minimum Gasteiger partial charge on any atom is -0.336 e. The van der Waals surface area contributed by atoms with Crippen LogP contribution >= 0.6 is 11.6 Å². The van der Waals surface area contributed by atoms with Crippen LogP contribution in [0.5, 0.6) is 0 Å². The second kappa shape index (κ2) is 5.02. The van der Waals surface area contributed by atoms with E-state index in [-0.39, 0.29) is 10.7 Å². The van der Waals surface area contributed by atoms with Crippen LogP contribution in [0.1, 0.15) is 10.4 Å². The molecule has 0 unspecified atom stereocenters. The smallest absolute Gasteiger partial charge is 0.255 e.